The Kier molecular flexibility index (Phi) is 5.95. The van der Waals surface area contributed by atoms with Crippen LogP contribution in [0.3, 0.4) is 0 Å². The maximum Gasteiger partial charge on any atom is 0.123 e. The van der Waals surface area contributed by atoms with E-state index in [-0.39, 0.29) is 11.4 Å². The molecule has 1 aromatic carbocycles. The summed E-state index contributed by atoms with van der Waals surface area (Å²) < 4.78 is 13.2. The fourth-order valence-electron chi connectivity index (χ4n) is 2.09. The van der Waals surface area contributed by atoms with Crippen LogP contribution in [0.2, 0.25) is 0 Å². The summed E-state index contributed by atoms with van der Waals surface area (Å²) in [6.07, 6.45) is 1.08. The van der Waals surface area contributed by atoms with E-state index in [1.165, 1.54) is 6.07 Å². The number of hydrogen-bond donors (Lipinski definition) is 1. The van der Waals surface area contributed by atoms with Gasteiger partial charge in [0.15, 0.2) is 0 Å². The van der Waals surface area contributed by atoms with Gasteiger partial charge in [0, 0.05) is 24.7 Å². The van der Waals surface area contributed by atoms with Crippen molar-refractivity contribution in [1.29, 1.82) is 0 Å². The van der Waals surface area contributed by atoms with E-state index in [0.29, 0.717) is 6.04 Å². The van der Waals surface area contributed by atoms with Crippen molar-refractivity contribution in [1.82, 2.24) is 10.2 Å². The Labute approximate surface area is 117 Å². The van der Waals surface area contributed by atoms with Gasteiger partial charge in [-0.2, -0.15) is 0 Å². The molecule has 0 bridgehead atoms. The second-order valence-electron chi connectivity index (χ2n) is 6.24. The highest BCUT2D eigenvalue weighted by Crippen LogP contribution is 2.11. The molecule has 0 saturated carbocycles. The molecule has 2 nitrogen and oxygen atoms in total. The topological polar surface area (TPSA) is 15.3 Å². The largest absolute Gasteiger partial charge is 0.311 e. The second kappa shape index (κ2) is 7.01. The summed E-state index contributed by atoms with van der Waals surface area (Å²) in [5.41, 5.74) is 1.16. The van der Waals surface area contributed by atoms with E-state index in [1.807, 2.05) is 6.07 Å². The van der Waals surface area contributed by atoms with Crippen LogP contribution in [0.15, 0.2) is 24.3 Å². The summed E-state index contributed by atoms with van der Waals surface area (Å²) in [5.74, 6) is -0.160. The highest BCUT2D eigenvalue weighted by molar-refractivity contribution is 5.16. The van der Waals surface area contributed by atoms with E-state index in [1.54, 1.807) is 12.1 Å². The lowest BCUT2D eigenvalue weighted by Gasteiger charge is -2.31. The molecule has 3 heteroatoms. The number of nitrogens with zero attached hydrogens (tertiary/aromatic N) is 1. The molecule has 1 aromatic rings. The van der Waals surface area contributed by atoms with Crippen LogP contribution in [0.25, 0.3) is 0 Å². The number of nitrogens with one attached hydrogen (secondary N) is 1. The van der Waals surface area contributed by atoms with Gasteiger partial charge in [-0.05, 0) is 51.9 Å². The van der Waals surface area contributed by atoms with Crippen LogP contribution in [0.4, 0.5) is 4.39 Å². The van der Waals surface area contributed by atoms with Gasteiger partial charge < -0.3 is 5.32 Å². The van der Waals surface area contributed by atoms with Gasteiger partial charge in [-0.25, -0.2) is 4.39 Å². The Balaban J connectivity index is 2.56. The van der Waals surface area contributed by atoms with Gasteiger partial charge in [0.05, 0.1) is 0 Å². The first-order chi connectivity index (χ1) is 8.81. The minimum Gasteiger partial charge on any atom is -0.311 e. The Bertz CT molecular complexity index is 385. The number of likely N-dealkylation sites (N-methyl/N-ethyl adjacent to an activating group) is 1. The van der Waals surface area contributed by atoms with Crippen LogP contribution in [0.5, 0.6) is 0 Å². The molecule has 1 atom stereocenters. The zero-order chi connectivity index (χ0) is 14.5. The molecule has 1 rings (SSSR count). The maximum atomic E-state index is 13.2. The quantitative estimate of drug-likeness (QED) is 0.848. The SMILES string of the molecule is CCC(CNC(C)(C)C)N(C)Cc1cccc(F)c1. The van der Waals surface area contributed by atoms with Crippen molar-refractivity contribution in [3.05, 3.63) is 35.6 Å². The molecule has 1 N–H and O–H groups in total. The fraction of sp³-hybridized carbons (Fsp3) is 0.625. The van der Waals surface area contributed by atoms with Crippen LogP contribution in [0, 0.1) is 5.82 Å². The third-order valence-corrected chi connectivity index (χ3v) is 3.28. The van der Waals surface area contributed by atoms with Crippen LogP contribution in [-0.4, -0.2) is 30.1 Å². The Morgan fingerprint density at radius 3 is 2.53 bits per heavy atom. The van der Waals surface area contributed by atoms with Crippen molar-refractivity contribution in [2.45, 2.75) is 52.2 Å². The van der Waals surface area contributed by atoms with Gasteiger partial charge in [0.25, 0.3) is 0 Å². The van der Waals surface area contributed by atoms with Crippen LogP contribution in [-0.2, 0) is 6.54 Å². The molecule has 0 fully saturated rings. The average molecular weight is 266 g/mol. The van der Waals surface area contributed by atoms with Gasteiger partial charge in [0.1, 0.15) is 5.82 Å². The predicted molar refractivity (Wildman–Crippen MR) is 79.7 cm³/mol. The lowest BCUT2D eigenvalue weighted by atomic mass is 10.1. The molecule has 0 spiro atoms. The lowest BCUT2D eigenvalue weighted by molar-refractivity contribution is 0.208. The van der Waals surface area contributed by atoms with E-state index in [2.05, 4.69) is 45.0 Å². The Hall–Kier alpha value is -0.930. The number of halogens is 1. The zero-order valence-electron chi connectivity index (χ0n) is 12.8. The first-order valence-corrected chi connectivity index (χ1v) is 7.01. The van der Waals surface area contributed by atoms with Crippen molar-refractivity contribution >= 4 is 0 Å². The van der Waals surface area contributed by atoms with Crippen LogP contribution < -0.4 is 5.32 Å². The van der Waals surface area contributed by atoms with E-state index in [4.69, 9.17) is 0 Å². The number of rotatable bonds is 6. The monoisotopic (exact) mass is 266 g/mol. The summed E-state index contributed by atoms with van der Waals surface area (Å²) in [4.78, 5) is 2.29. The highest BCUT2D eigenvalue weighted by atomic mass is 19.1. The predicted octanol–water partition coefficient (Wildman–Crippen LogP) is 3.42. The molecule has 0 amide bonds. The first-order valence-electron chi connectivity index (χ1n) is 7.01. The maximum absolute atomic E-state index is 13.2. The third-order valence-electron chi connectivity index (χ3n) is 3.28. The van der Waals surface area contributed by atoms with E-state index in [0.717, 1.165) is 25.1 Å². The summed E-state index contributed by atoms with van der Waals surface area (Å²) in [5, 5.41) is 3.54. The molecule has 0 aliphatic carbocycles. The molecule has 108 valence electrons. The van der Waals surface area contributed by atoms with Crippen molar-refractivity contribution in [3.63, 3.8) is 0 Å². The molecule has 0 aliphatic heterocycles. The summed E-state index contributed by atoms with van der Waals surface area (Å²) in [6, 6.07) is 7.31. The van der Waals surface area contributed by atoms with Gasteiger partial charge in [0.2, 0.25) is 0 Å². The summed E-state index contributed by atoms with van der Waals surface area (Å²) in [7, 11) is 2.10. The summed E-state index contributed by atoms with van der Waals surface area (Å²) >= 11 is 0. The number of hydrogen-bond acceptors (Lipinski definition) is 2. The smallest absolute Gasteiger partial charge is 0.123 e. The third kappa shape index (κ3) is 6.17. The molecule has 1 unspecified atom stereocenters. The lowest BCUT2D eigenvalue weighted by Crippen LogP contribution is -2.46. The molecule has 0 saturated heterocycles. The van der Waals surface area contributed by atoms with Gasteiger partial charge in [-0.15, -0.1) is 0 Å². The van der Waals surface area contributed by atoms with Crippen molar-refractivity contribution < 1.29 is 4.39 Å². The van der Waals surface area contributed by atoms with Crippen LogP contribution in [0.1, 0.15) is 39.7 Å². The number of benzene rings is 1. The molecular formula is C16H27FN2. The van der Waals surface area contributed by atoms with Gasteiger partial charge >= 0.3 is 0 Å². The molecular weight excluding hydrogens is 239 g/mol. The highest BCUT2D eigenvalue weighted by Gasteiger charge is 2.16. The molecule has 0 radical (unpaired) electrons. The normalized spacial score (nSPS) is 13.8. The standard InChI is InChI=1S/C16H27FN2/c1-6-15(11-18-16(2,3)4)19(5)12-13-8-7-9-14(17)10-13/h7-10,15,18H,6,11-12H2,1-5H3. The van der Waals surface area contributed by atoms with Gasteiger partial charge in [-0.3, -0.25) is 4.90 Å². The molecule has 0 heterocycles. The fourth-order valence-corrected chi connectivity index (χ4v) is 2.09. The van der Waals surface area contributed by atoms with E-state index >= 15 is 0 Å². The van der Waals surface area contributed by atoms with E-state index in [9.17, 15) is 4.39 Å². The minimum atomic E-state index is -0.160. The van der Waals surface area contributed by atoms with Gasteiger partial charge in [-0.1, -0.05) is 19.1 Å². The van der Waals surface area contributed by atoms with Crippen molar-refractivity contribution in [2.75, 3.05) is 13.6 Å². The summed E-state index contributed by atoms with van der Waals surface area (Å²) in [6.45, 7) is 10.4. The average Bonchev–Trinajstić information content (AvgIpc) is 2.28. The Morgan fingerprint density at radius 2 is 2.00 bits per heavy atom. The zero-order valence-corrected chi connectivity index (χ0v) is 12.8. The van der Waals surface area contributed by atoms with Crippen LogP contribution >= 0.6 is 0 Å². The van der Waals surface area contributed by atoms with Crippen molar-refractivity contribution in [2.24, 2.45) is 0 Å². The minimum absolute atomic E-state index is 0.132. The molecule has 0 aliphatic rings. The molecule has 0 aromatic heterocycles. The second-order valence-corrected chi connectivity index (χ2v) is 6.24. The van der Waals surface area contributed by atoms with Crippen molar-refractivity contribution in [3.8, 4) is 0 Å². The Morgan fingerprint density at radius 1 is 1.32 bits per heavy atom. The first kappa shape index (κ1) is 16.1. The molecule has 19 heavy (non-hydrogen) atoms. The van der Waals surface area contributed by atoms with E-state index < -0.39 is 0 Å².